The van der Waals surface area contributed by atoms with Crippen molar-refractivity contribution in [1.29, 1.82) is 0 Å². The quantitative estimate of drug-likeness (QED) is 0.386. The van der Waals surface area contributed by atoms with E-state index in [2.05, 4.69) is 15.9 Å². The Morgan fingerprint density at radius 1 is 1.36 bits per heavy atom. The van der Waals surface area contributed by atoms with E-state index in [4.69, 9.17) is 9.47 Å². The molecule has 4 nitrogen and oxygen atoms in total. The molecule has 0 bridgehead atoms. The molecule has 0 radical (unpaired) electrons. The highest BCUT2D eigenvalue weighted by atomic mass is 79.9. The highest BCUT2D eigenvalue weighted by molar-refractivity contribution is 9.09. The lowest BCUT2D eigenvalue weighted by Crippen LogP contribution is -2.39. The fourth-order valence-electron chi connectivity index (χ4n) is 1.82. The molecule has 0 aliphatic rings. The van der Waals surface area contributed by atoms with Gasteiger partial charge in [0.2, 0.25) is 5.79 Å². The van der Waals surface area contributed by atoms with Crippen LogP contribution in [0.3, 0.4) is 0 Å². The predicted octanol–water partition coefficient (Wildman–Crippen LogP) is 3.66. The number of rotatable bonds is 10. The average Bonchev–Trinajstić information content (AvgIpc) is 2.56. The van der Waals surface area contributed by atoms with Gasteiger partial charge in [0.1, 0.15) is 6.61 Å². The Morgan fingerprint density at radius 3 is 2.64 bits per heavy atom. The molecule has 0 aliphatic carbocycles. The summed E-state index contributed by atoms with van der Waals surface area (Å²) in [6.45, 7) is 3.95. The predicted molar refractivity (Wildman–Crippen MR) is 89.6 cm³/mol. The number of benzene rings is 1. The van der Waals surface area contributed by atoms with Crippen molar-refractivity contribution in [2.75, 3.05) is 11.9 Å². The van der Waals surface area contributed by atoms with Gasteiger partial charge in [0.25, 0.3) is 0 Å². The summed E-state index contributed by atoms with van der Waals surface area (Å²) in [6.07, 6.45) is 2.17. The number of carbonyl (C=O) groups excluding carboxylic acids is 1. The zero-order valence-electron chi connectivity index (χ0n) is 13.3. The van der Waals surface area contributed by atoms with E-state index < -0.39 is 5.79 Å². The second kappa shape index (κ2) is 9.98. The summed E-state index contributed by atoms with van der Waals surface area (Å²) in [5.41, 5.74) is 0.970. The largest absolute Gasteiger partial charge is 0.460 e. The van der Waals surface area contributed by atoms with Crippen LogP contribution in [0.4, 0.5) is 0 Å². The van der Waals surface area contributed by atoms with Gasteiger partial charge >= 0.3 is 5.97 Å². The molecule has 0 heterocycles. The van der Waals surface area contributed by atoms with Crippen molar-refractivity contribution in [1.82, 2.24) is 0 Å². The van der Waals surface area contributed by atoms with Crippen molar-refractivity contribution >= 4 is 21.9 Å². The van der Waals surface area contributed by atoms with E-state index in [9.17, 15) is 9.90 Å². The fraction of sp³-hybridized carbons (Fsp3) is 0.588. The van der Waals surface area contributed by atoms with Gasteiger partial charge in [0.05, 0.1) is 12.5 Å². The smallest absolute Gasteiger partial charge is 0.309 e. The minimum Gasteiger partial charge on any atom is -0.460 e. The summed E-state index contributed by atoms with van der Waals surface area (Å²) in [6, 6.07) is 9.62. The molecule has 1 rings (SSSR count). The third kappa shape index (κ3) is 6.90. The van der Waals surface area contributed by atoms with Crippen LogP contribution in [-0.4, -0.2) is 28.8 Å². The first-order chi connectivity index (χ1) is 10.5. The van der Waals surface area contributed by atoms with Gasteiger partial charge < -0.3 is 14.6 Å². The van der Waals surface area contributed by atoms with Crippen LogP contribution >= 0.6 is 15.9 Å². The van der Waals surface area contributed by atoms with Crippen LogP contribution in [0, 0.1) is 5.92 Å². The molecule has 1 N–H and O–H groups in total. The number of hydrogen-bond acceptors (Lipinski definition) is 4. The summed E-state index contributed by atoms with van der Waals surface area (Å²) in [5, 5.41) is 11.1. The van der Waals surface area contributed by atoms with Gasteiger partial charge in [-0.25, -0.2) is 0 Å². The monoisotopic (exact) mass is 372 g/mol. The number of unbranched alkanes of at least 4 members (excludes halogenated alkanes) is 1. The maximum atomic E-state index is 11.7. The summed E-state index contributed by atoms with van der Waals surface area (Å²) in [4.78, 5) is 11.7. The summed E-state index contributed by atoms with van der Waals surface area (Å²) < 4.78 is 10.8. The lowest BCUT2D eigenvalue weighted by Gasteiger charge is -2.28. The Kier molecular flexibility index (Phi) is 8.68. The Labute approximate surface area is 140 Å². The molecule has 22 heavy (non-hydrogen) atoms. The van der Waals surface area contributed by atoms with Crippen LogP contribution in [0.25, 0.3) is 0 Å². The molecule has 0 amide bonds. The Balaban J connectivity index is 2.58. The molecule has 5 heteroatoms. The topological polar surface area (TPSA) is 55.8 Å². The van der Waals surface area contributed by atoms with Crippen LogP contribution in [0.1, 0.15) is 38.7 Å². The molecule has 0 fully saturated rings. The van der Waals surface area contributed by atoms with Gasteiger partial charge in [-0.1, -0.05) is 66.5 Å². The van der Waals surface area contributed by atoms with E-state index in [0.29, 0.717) is 11.8 Å². The molecule has 124 valence electrons. The van der Waals surface area contributed by atoms with Gasteiger partial charge in [-0.2, -0.15) is 0 Å². The van der Waals surface area contributed by atoms with E-state index in [1.165, 1.54) is 0 Å². The maximum absolute atomic E-state index is 11.7. The fourth-order valence-corrected chi connectivity index (χ4v) is 2.08. The van der Waals surface area contributed by atoms with Crippen LogP contribution in [0.5, 0.6) is 0 Å². The van der Waals surface area contributed by atoms with Crippen molar-refractivity contribution in [3.63, 3.8) is 0 Å². The molecular weight excluding hydrogens is 348 g/mol. The van der Waals surface area contributed by atoms with Crippen LogP contribution < -0.4 is 0 Å². The third-order valence-electron chi connectivity index (χ3n) is 3.35. The summed E-state index contributed by atoms with van der Waals surface area (Å²) >= 11 is 3.24. The Morgan fingerprint density at radius 2 is 2.05 bits per heavy atom. The molecule has 0 saturated carbocycles. The number of carbonyl (C=O) groups is 1. The molecule has 0 unspecified atom stereocenters. The molecule has 0 aromatic heterocycles. The molecule has 2 atom stereocenters. The highest BCUT2D eigenvalue weighted by Crippen LogP contribution is 2.20. The zero-order chi connectivity index (χ0) is 16.4. The van der Waals surface area contributed by atoms with Gasteiger partial charge in [0, 0.05) is 11.8 Å². The van der Waals surface area contributed by atoms with Crippen LogP contribution in [-0.2, 0) is 20.9 Å². The van der Waals surface area contributed by atoms with Gasteiger partial charge in [-0.15, -0.1) is 0 Å². The second-order valence-corrected chi connectivity index (χ2v) is 6.13. The maximum Gasteiger partial charge on any atom is 0.309 e. The molecule has 0 aliphatic heterocycles. The first kappa shape index (κ1) is 19.1. The van der Waals surface area contributed by atoms with E-state index in [1.807, 2.05) is 37.3 Å². The minimum absolute atomic E-state index is 0.143. The average molecular weight is 373 g/mol. The van der Waals surface area contributed by atoms with E-state index in [1.54, 1.807) is 6.92 Å². The summed E-state index contributed by atoms with van der Waals surface area (Å²) in [7, 11) is 0. The number of esters is 1. The van der Waals surface area contributed by atoms with Crippen molar-refractivity contribution in [3.8, 4) is 0 Å². The molecule has 0 spiro atoms. The number of alkyl halides is 1. The van der Waals surface area contributed by atoms with Gasteiger partial charge in [0.15, 0.2) is 0 Å². The van der Waals surface area contributed by atoms with Gasteiger partial charge in [-0.05, 0) is 12.0 Å². The minimum atomic E-state index is -1.44. The van der Waals surface area contributed by atoms with Crippen LogP contribution in [0.2, 0.25) is 0 Å². The van der Waals surface area contributed by atoms with E-state index >= 15 is 0 Å². The lowest BCUT2D eigenvalue weighted by atomic mass is 10.1. The standard InChI is InChI=1S/C17H25BrO4/c1-3-4-10-17(20,13-21-16(19)14(2)11-18)22-12-15-8-6-5-7-9-15/h5-9,14,20H,3-4,10-13H2,1-2H3/t14-,17+/m1/s1. The first-order valence-corrected chi connectivity index (χ1v) is 8.75. The number of ether oxygens (including phenoxy) is 2. The van der Waals surface area contributed by atoms with Crippen LogP contribution in [0.15, 0.2) is 30.3 Å². The lowest BCUT2D eigenvalue weighted by molar-refractivity contribution is -0.242. The van der Waals surface area contributed by atoms with Gasteiger partial charge in [-0.3, -0.25) is 4.79 Å². The molecular formula is C17H25BrO4. The SMILES string of the molecule is CCCC[C@@](O)(COC(=O)[C@H](C)CBr)OCc1ccccc1. The highest BCUT2D eigenvalue weighted by Gasteiger charge is 2.30. The van der Waals surface area contributed by atoms with Crippen molar-refractivity contribution in [3.05, 3.63) is 35.9 Å². The van der Waals surface area contributed by atoms with Crippen molar-refractivity contribution in [2.24, 2.45) is 5.92 Å². The molecule has 1 aromatic carbocycles. The number of halogens is 1. The van der Waals surface area contributed by atoms with E-state index in [-0.39, 0.29) is 25.1 Å². The van der Waals surface area contributed by atoms with Crippen molar-refractivity contribution in [2.45, 2.75) is 45.5 Å². The molecule has 0 saturated heterocycles. The second-order valence-electron chi connectivity index (χ2n) is 5.49. The normalized spacial score (nSPS) is 15.1. The van der Waals surface area contributed by atoms with Crippen molar-refractivity contribution < 1.29 is 19.4 Å². The number of aliphatic hydroxyl groups is 1. The Hall–Kier alpha value is -0.910. The zero-order valence-corrected chi connectivity index (χ0v) is 14.8. The van der Waals surface area contributed by atoms with E-state index in [0.717, 1.165) is 18.4 Å². The summed E-state index contributed by atoms with van der Waals surface area (Å²) in [5.74, 6) is -2.02. The third-order valence-corrected chi connectivity index (χ3v) is 4.32. The Bertz CT molecular complexity index is 438. The molecule has 1 aromatic rings. The first-order valence-electron chi connectivity index (χ1n) is 7.63. The number of hydrogen-bond donors (Lipinski definition) is 1.